The summed E-state index contributed by atoms with van der Waals surface area (Å²) < 4.78 is 58.7. The molecule has 1 heterocycles. The molecule has 4 nitrogen and oxygen atoms in total. The van der Waals surface area contributed by atoms with Crippen molar-refractivity contribution in [1.29, 1.82) is 0 Å². The van der Waals surface area contributed by atoms with E-state index in [0.29, 0.717) is 5.56 Å². The van der Waals surface area contributed by atoms with Crippen molar-refractivity contribution < 1.29 is 31.8 Å². The minimum absolute atomic E-state index is 0. The van der Waals surface area contributed by atoms with Gasteiger partial charge in [-0.1, -0.05) is 26.0 Å². The fraction of sp³-hybridized carbons (Fsp3) is 0.500. The predicted octanol–water partition coefficient (Wildman–Crippen LogP) is 4.15. The summed E-state index contributed by atoms with van der Waals surface area (Å²) in [6.07, 6.45) is -9.04. The van der Waals surface area contributed by atoms with Gasteiger partial charge in [-0.25, -0.2) is 4.79 Å². The number of amides is 1. The van der Waals surface area contributed by atoms with Crippen LogP contribution in [0.4, 0.5) is 22.4 Å². The maximum atomic E-state index is 12.8. The van der Waals surface area contributed by atoms with Crippen molar-refractivity contribution in [2.24, 2.45) is 5.41 Å². The van der Waals surface area contributed by atoms with Gasteiger partial charge in [-0.2, -0.15) is 17.6 Å². The van der Waals surface area contributed by atoms with E-state index in [1.54, 1.807) is 0 Å². The number of ether oxygens (including phenoxy) is 2. The topological polar surface area (TPSA) is 47.6 Å². The number of rotatable bonds is 4. The second-order valence-electron chi connectivity index (χ2n) is 5.68. The summed E-state index contributed by atoms with van der Waals surface area (Å²) in [6, 6.07) is 4.80. The summed E-state index contributed by atoms with van der Waals surface area (Å²) in [7, 11) is 0. The van der Waals surface area contributed by atoms with E-state index in [4.69, 9.17) is 4.74 Å². The number of carbonyl (C=O) groups excluding carboxylic acids is 1. The second-order valence-corrected chi connectivity index (χ2v) is 5.68. The molecular formula is C14H16ClF4NO3. The van der Waals surface area contributed by atoms with Gasteiger partial charge in [0, 0.05) is 5.41 Å². The van der Waals surface area contributed by atoms with E-state index >= 15 is 0 Å². The van der Waals surface area contributed by atoms with Crippen LogP contribution in [0.3, 0.4) is 0 Å². The lowest BCUT2D eigenvalue weighted by atomic mass is 9.80. The Hall–Kier alpha value is -1.70. The van der Waals surface area contributed by atoms with Crippen LogP contribution in [-0.4, -0.2) is 25.2 Å². The molecule has 1 aliphatic heterocycles. The molecule has 1 amide bonds. The van der Waals surface area contributed by atoms with Crippen molar-refractivity contribution in [2.45, 2.75) is 32.4 Å². The van der Waals surface area contributed by atoms with Gasteiger partial charge in [0.1, 0.15) is 12.4 Å². The predicted molar refractivity (Wildman–Crippen MR) is 76.3 cm³/mol. The third-order valence-electron chi connectivity index (χ3n) is 3.34. The lowest BCUT2D eigenvalue weighted by Crippen LogP contribution is -2.46. The molecule has 1 fully saturated rings. The first-order valence-electron chi connectivity index (χ1n) is 6.50. The fourth-order valence-corrected chi connectivity index (χ4v) is 2.15. The Morgan fingerprint density at radius 1 is 1.30 bits per heavy atom. The number of hydrogen-bond acceptors (Lipinski definition) is 3. The molecule has 0 unspecified atom stereocenters. The molecule has 0 aliphatic carbocycles. The smallest absolute Gasteiger partial charge is 0.449 e. The monoisotopic (exact) mass is 357 g/mol. The summed E-state index contributed by atoms with van der Waals surface area (Å²) in [5.74, 6) is -0.384. The van der Waals surface area contributed by atoms with E-state index < -0.39 is 30.1 Å². The molecule has 0 radical (unpaired) electrons. The van der Waals surface area contributed by atoms with Gasteiger partial charge in [0.2, 0.25) is 0 Å². The second kappa shape index (κ2) is 6.82. The van der Waals surface area contributed by atoms with Crippen LogP contribution < -0.4 is 10.1 Å². The van der Waals surface area contributed by atoms with Gasteiger partial charge in [0.25, 0.3) is 0 Å². The number of carbonyl (C=O) groups is 1. The molecule has 1 aromatic rings. The highest BCUT2D eigenvalue weighted by Crippen LogP contribution is 2.37. The van der Waals surface area contributed by atoms with Crippen molar-refractivity contribution >= 4 is 18.5 Å². The first-order chi connectivity index (χ1) is 10.1. The van der Waals surface area contributed by atoms with Crippen molar-refractivity contribution in [2.75, 3.05) is 6.61 Å². The van der Waals surface area contributed by atoms with E-state index in [1.807, 2.05) is 13.8 Å². The van der Waals surface area contributed by atoms with Crippen molar-refractivity contribution in [1.82, 2.24) is 5.32 Å². The quantitative estimate of drug-likeness (QED) is 0.823. The van der Waals surface area contributed by atoms with E-state index in [0.717, 1.165) is 12.1 Å². The third-order valence-corrected chi connectivity index (χ3v) is 3.34. The molecule has 1 N–H and O–H groups in total. The van der Waals surface area contributed by atoms with E-state index in [1.165, 1.54) is 12.1 Å². The Kier molecular flexibility index (Phi) is 5.74. The van der Waals surface area contributed by atoms with Gasteiger partial charge in [0.05, 0.1) is 6.04 Å². The van der Waals surface area contributed by atoms with Crippen LogP contribution in [0.25, 0.3) is 0 Å². The lowest BCUT2D eigenvalue weighted by Gasteiger charge is -2.38. The summed E-state index contributed by atoms with van der Waals surface area (Å²) in [6.45, 7) is 3.93. The lowest BCUT2D eigenvalue weighted by molar-refractivity contribution is -0.253. The Labute approximate surface area is 136 Å². The highest BCUT2D eigenvalue weighted by Gasteiger charge is 2.44. The standard InChI is InChI=1S/C14H15F4NO3.ClH/c1-13(2)7-21-12(20)19-10(13)8-3-5-9(6-4-8)22-14(17,18)11(15)16;/h3-6,10-11H,7H2,1-2H3,(H,19,20);1H/t10-;/m0./s1. The molecular weight excluding hydrogens is 342 g/mol. The number of benzene rings is 1. The minimum Gasteiger partial charge on any atom is -0.449 e. The van der Waals surface area contributed by atoms with Crippen LogP contribution in [-0.2, 0) is 4.74 Å². The summed E-state index contributed by atoms with van der Waals surface area (Å²) >= 11 is 0. The van der Waals surface area contributed by atoms with Gasteiger partial charge in [-0.3, -0.25) is 0 Å². The number of hydrogen-bond donors (Lipinski definition) is 1. The molecule has 2 rings (SSSR count). The first kappa shape index (κ1) is 19.3. The zero-order valence-corrected chi connectivity index (χ0v) is 13.1. The molecule has 130 valence electrons. The molecule has 1 aliphatic rings. The largest absolute Gasteiger partial charge is 0.461 e. The Balaban J connectivity index is 0.00000264. The van der Waals surface area contributed by atoms with Crippen LogP contribution in [0, 0.1) is 5.41 Å². The van der Waals surface area contributed by atoms with Crippen LogP contribution >= 0.6 is 12.4 Å². The summed E-state index contributed by atoms with van der Waals surface area (Å²) in [5.41, 5.74) is 0.220. The normalized spacial score (nSPS) is 20.3. The summed E-state index contributed by atoms with van der Waals surface area (Å²) in [4.78, 5) is 11.3. The molecule has 1 saturated heterocycles. The summed E-state index contributed by atoms with van der Waals surface area (Å²) in [5, 5.41) is 2.64. The molecule has 1 atom stereocenters. The zero-order chi connectivity index (χ0) is 16.5. The highest BCUT2D eigenvalue weighted by atomic mass is 35.5. The van der Waals surface area contributed by atoms with Gasteiger partial charge in [-0.15, -0.1) is 12.4 Å². The van der Waals surface area contributed by atoms with Gasteiger partial charge >= 0.3 is 18.6 Å². The molecule has 0 saturated carbocycles. The maximum Gasteiger partial charge on any atom is 0.461 e. The first-order valence-corrected chi connectivity index (χ1v) is 6.50. The number of halogens is 5. The Morgan fingerprint density at radius 3 is 2.39 bits per heavy atom. The Morgan fingerprint density at radius 2 is 1.87 bits per heavy atom. The molecule has 0 aromatic heterocycles. The average molecular weight is 358 g/mol. The van der Waals surface area contributed by atoms with Crippen molar-refractivity contribution in [3.8, 4) is 5.75 Å². The van der Waals surface area contributed by atoms with E-state index in [-0.39, 0.29) is 24.8 Å². The zero-order valence-electron chi connectivity index (χ0n) is 12.3. The van der Waals surface area contributed by atoms with Crippen molar-refractivity contribution in [3.63, 3.8) is 0 Å². The van der Waals surface area contributed by atoms with Crippen LogP contribution in [0.15, 0.2) is 24.3 Å². The van der Waals surface area contributed by atoms with Crippen LogP contribution in [0.1, 0.15) is 25.5 Å². The van der Waals surface area contributed by atoms with Crippen LogP contribution in [0.2, 0.25) is 0 Å². The van der Waals surface area contributed by atoms with Crippen molar-refractivity contribution in [3.05, 3.63) is 29.8 Å². The van der Waals surface area contributed by atoms with Gasteiger partial charge < -0.3 is 14.8 Å². The third kappa shape index (κ3) is 4.40. The maximum absolute atomic E-state index is 12.8. The number of cyclic esters (lactones) is 1. The molecule has 0 spiro atoms. The minimum atomic E-state index is -4.55. The molecule has 0 bridgehead atoms. The number of nitrogens with one attached hydrogen (secondary N) is 1. The highest BCUT2D eigenvalue weighted by molar-refractivity contribution is 5.85. The molecule has 9 heteroatoms. The number of alkyl halides is 4. The fourth-order valence-electron chi connectivity index (χ4n) is 2.15. The number of alkyl carbamates (subject to hydrolysis) is 1. The van der Waals surface area contributed by atoms with Crippen LogP contribution in [0.5, 0.6) is 5.75 Å². The SMILES string of the molecule is CC1(C)COC(=O)N[C@H]1c1ccc(OC(F)(F)C(F)F)cc1.Cl. The molecule has 23 heavy (non-hydrogen) atoms. The Bertz CT molecular complexity index is 551. The average Bonchev–Trinajstić information content (AvgIpc) is 2.42. The van der Waals surface area contributed by atoms with Gasteiger partial charge in [0.15, 0.2) is 0 Å². The van der Waals surface area contributed by atoms with E-state index in [9.17, 15) is 22.4 Å². The van der Waals surface area contributed by atoms with E-state index in [2.05, 4.69) is 10.1 Å². The molecule has 1 aromatic carbocycles. The van der Waals surface area contributed by atoms with Gasteiger partial charge in [-0.05, 0) is 17.7 Å².